The minimum Gasteiger partial charge on any atom is -0.392 e. The number of amides is 1. The molecule has 0 aliphatic carbocycles. The first-order valence-electron chi connectivity index (χ1n) is 8.15. The lowest BCUT2D eigenvalue weighted by Crippen LogP contribution is -2.51. The molecule has 0 unspecified atom stereocenters. The number of hydrogen-bond donors (Lipinski definition) is 2. The van der Waals surface area contributed by atoms with Crippen LogP contribution in [0.4, 0.5) is 0 Å². The smallest absolute Gasteiger partial charge is 0.254 e. The number of nitrogens with zero attached hydrogens (tertiary/aromatic N) is 3. The van der Waals surface area contributed by atoms with Crippen LogP contribution in [0.5, 0.6) is 0 Å². The molecule has 23 heavy (non-hydrogen) atoms. The molecule has 128 valence electrons. The van der Waals surface area contributed by atoms with E-state index >= 15 is 0 Å². The standard InChI is InChI=1S/C16H26N4O3/c1-4-13(21)10-19-5-7-20(8-6-19)15(22)9-14-11(2)17-12(3)18-16(14)23/h13,21H,4-10H2,1-3H3,(H,17,18,23)/t13-/m0/s1. The minimum atomic E-state index is -0.308. The van der Waals surface area contributed by atoms with Crippen molar-refractivity contribution in [2.24, 2.45) is 0 Å². The molecule has 1 atom stereocenters. The molecular formula is C16H26N4O3. The number of β-amino-alcohol motifs (C(OH)–C–C–N with tert-alkyl or cyclic N) is 1. The Morgan fingerprint density at radius 1 is 1.30 bits per heavy atom. The Balaban J connectivity index is 1.92. The topological polar surface area (TPSA) is 89.5 Å². The normalized spacial score (nSPS) is 17.3. The number of H-pyrrole nitrogens is 1. The van der Waals surface area contributed by atoms with Crippen LogP contribution in [-0.4, -0.2) is 69.6 Å². The van der Waals surface area contributed by atoms with Gasteiger partial charge in [-0.2, -0.15) is 0 Å². The van der Waals surface area contributed by atoms with Crippen LogP contribution < -0.4 is 5.56 Å². The number of hydrogen-bond acceptors (Lipinski definition) is 5. The van der Waals surface area contributed by atoms with Gasteiger partial charge >= 0.3 is 0 Å². The second-order valence-electron chi connectivity index (χ2n) is 6.14. The van der Waals surface area contributed by atoms with Gasteiger partial charge in [0.15, 0.2) is 0 Å². The number of piperazine rings is 1. The van der Waals surface area contributed by atoms with Gasteiger partial charge in [-0.25, -0.2) is 4.98 Å². The van der Waals surface area contributed by atoms with E-state index in [1.165, 1.54) is 0 Å². The zero-order valence-electron chi connectivity index (χ0n) is 14.1. The molecule has 0 radical (unpaired) electrons. The third kappa shape index (κ3) is 4.62. The fraction of sp³-hybridized carbons (Fsp3) is 0.688. The van der Waals surface area contributed by atoms with Gasteiger partial charge in [-0.05, 0) is 20.3 Å². The zero-order chi connectivity index (χ0) is 17.0. The molecule has 0 bridgehead atoms. The van der Waals surface area contributed by atoms with Crippen molar-refractivity contribution in [3.05, 3.63) is 27.4 Å². The highest BCUT2D eigenvalue weighted by Crippen LogP contribution is 2.08. The van der Waals surface area contributed by atoms with Crippen LogP contribution in [0, 0.1) is 13.8 Å². The first-order chi connectivity index (χ1) is 10.9. The molecule has 7 nitrogen and oxygen atoms in total. The van der Waals surface area contributed by atoms with Gasteiger partial charge in [0.1, 0.15) is 5.82 Å². The highest BCUT2D eigenvalue weighted by Gasteiger charge is 2.23. The van der Waals surface area contributed by atoms with E-state index in [0.29, 0.717) is 36.7 Å². The summed E-state index contributed by atoms with van der Waals surface area (Å²) in [4.78, 5) is 35.2. The fourth-order valence-electron chi connectivity index (χ4n) is 2.83. The van der Waals surface area contributed by atoms with Gasteiger partial charge in [0, 0.05) is 44.0 Å². The summed E-state index contributed by atoms with van der Waals surface area (Å²) >= 11 is 0. The van der Waals surface area contributed by atoms with Crippen molar-refractivity contribution >= 4 is 5.91 Å². The molecule has 1 aliphatic heterocycles. The van der Waals surface area contributed by atoms with Crippen LogP contribution in [0.1, 0.15) is 30.4 Å². The molecule has 2 N–H and O–H groups in total. The third-order valence-corrected chi connectivity index (χ3v) is 4.33. The van der Waals surface area contributed by atoms with Gasteiger partial charge in [0.2, 0.25) is 5.91 Å². The molecule has 2 heterocycles. The van der Waals surface area contributed by atoms with E-state index in [1.807, 2.05) is 6.92 Å². The maximum Gasteiger partial charge on any atom is 0.254 e. The van der Waals surface area contributed by atoms with Gasteiger partial charge in [0.05, 0.1) is 12.5 Å². The van der Waals surface area contributed by atoms with E-state index in [2.05, 4.69) is 14.9 Å². The molecule has 0 saturated carbocycles. The van der Waals surface area contributed by atoms with Crippen molar-refractivity contribution in [1.29, 1.82) is 0 Å². The van der Waals surface area contributed by atoms with E-state index in [0.717, 1.165) is 19.5 Å². The summed E-state index contributed by atoms with van der Waals surface area (Å²) in [5.74, 6) is 0.520. The number of aryl methyl sites for hydroxylation is 2. The summed E-state index contributed by atoms with van der Waals surface area (Å²) < 4.78 is 0. The minimum absolute atomic E-state index is 0.0417. The van der Waals surface area contributed by atoms with E-state index in [-0.39, 0.29) is 24.0 Å². The van der Waals surface area contributed by atoms with Gasteiger partial charge in [-0.15, -0.1) is 0 Å². The lowest BCUT2D eigenvalue weighted by molar-refractivity contribution is -0.132. The van der Waals surface area contributed by atoms with Gasteiger partial charge in [-0.1, -0.05) is 6.92 Å². The van der Waals surface area contributed by atoms with Crippen molar-refractivity contribution < 1.29 is 9.90 Å². The van der Waals surface area contributed by atoms with E-state index < -0.39 is 0 Å². The number of aliphatic hydroxyl groups is 1. The van der Waals surface area contributed by atoms with E-state index in [4.69, 9.17) is 0 Å². The summed E-state index contributed by atoms with van der Waals surface area (Å²) in [5, 5.41) is 9.70. The van der Waals surface area contributed by atoms with Crippen molar-refractivity contribution in [1.82, 2.24) is 19.8 Å². The molecule has 0 spiro atoms. The van der Waals surface area contributed by atoms with Crippen LogP contribution in [0.3, 0.4) is 0 Å². The molecule has 2 rings (SSSR count). The van der Waals surface area contributed by atoms with Crippen LogP contribution in [0.2, 0.25) is 0 Å². The highest BCUT2D eigenvalue weighted by molar-refractivity contribution is 5.79. The molecule has 1 fully saturated rings. The molecule has 1 aromatic heterocycles. The second kappa shape index (κ2) is 7.70. The Bertz CT molecular complexity index is 606. The summed E-state index contributed by atoms with van der Waals surface area (Å²) in [6.07, 6.45) is 0.519. The number of nitrogens with one attached hydrogen (secondary N) is 1. The monoisotopic (exact) mass is 322 g/mol. The van der Waals surface area contributed by atoms with Crippen LogP contribution in [-0.2, 0) is 11.2 Å². The second-order valence-corrected chi connectivity index (χ2v) is 6.14. The fourth-order valence-corrected chi connectivity index (χ4v) is 2.83. The van der Waals surface area contributed by atoms with Crippen molar-refractivity contribution in [2.45, 2.75) is 39.7 Å². The summed E-state index contributed by atoms with van der Waals surface area (Å²) in [6.45, 7) is 8.86. The van der Waals surface area contributed by atoms with Crippen molar-refractivity contribution in [2.75, 3.05) is 32.7 Å². The van der Waals surface area contributed by atoms with E-state index in [9.17, 15) is 14.7 Å². The number of carbonyl (C=O) groups excluding carboxylic acids is 1. The summed E-state index contributed by atoms with van der Waals surface area (Å²) in [7, 11) is 0. The molecule has 1 amide bonds. The maximum atomic E-state index is 12.4. The number of aliphatic hydroxyl groups excluding tert-OH is 1. The maximum absolute atomic E-state index is 12.4. The molecule has 1 aliphatic rings. The lowest BCUT2D eigenvalue weighted by atomic mass is 10.1. The summed E-state index contributed by atoms with van der Waals surface area (Å²) in [5.41, 5.74) is 0.835. The van der Waals surface area contributed by atoms with Gasteiger partial charge in [-0.3, -0.25) is 14.5 Å². The third-order valence-electron chi connectivity index (χ3n) is 4.33. The average molecular weight is 322 g/mol. The van der Waals surface area contributed by atoms with Crippen LogP contribution in [0.25, 0.3) is 0 Å². The molecular weight excluding hydrogens is 296 g/mol. The Morgan fingerprint density at radius 3 is 2.52 bits per heavy atom. The molecule has 7 heteroatoms. The lowest BCUT2D eigenvalue weighted by Gasteiger charge is -2.35. The molecule has 1 saturated heterocycles. The Labute approximate surface area is 136 Å². The van der Waals surface area contributed by atoms with Gasteiger partial charge < -0.3 is 15.0 Å². The quantitative estimate of drug-likeness (QED) is 0.786. The first-order valence-corrected chi connectivity index (χ1v) is 8.15. The Kier molecular flexibility index (Phi) is 5.90. The number of aromatic nitrogens is 2. The Hall–Kier alpha value is -1.73. The zero-order valence-corrected chi connectivity index (χ0v) is 14.1. The van der Waals surface area contributed by atoms with Crippen LogP contribution in [0.15, 0.2) is 4.79 Å². The molecule has 0 aromatic carbocycles. The van der Waals surface area contributed by atoms with Crippen LogP contribution >= 0.6 is 0 Å². The Morgan fingerprint density at radius 2 is 1.96 bits per heavy atom. The largest absolute Gasteiger partial charge is 0.392 e. The average Bonchev–Trinajstić information content (AvgIpc) is 2.51. The predicted molar refractivity (Wildman–Crippen MR) is 87.4 cm³/mol. The number of aromatic amines is 1. The highest BCUT2D eigenvalue weighted by atomic mass is 16.3. The first kappa shape index (κ1) is 17.6. The number of carbonyl (C=O) groups is 1. The molecule has 1 aromatic rings. The van der Waals surface area contributed by atoms with Gasteiger partial charge in [0.25, 0.3) is 5.56 Å². The SMILES string of the molecule is CC[C@H](O)CN1CCN(C(=O)Cc2c(C)nc(C)[nH]c2=O)CC1. The van der Waals surface area contributed by atoms with Crippen molar-refractivity contribution in [3.8, 4) is 0 Å². The van der Waals surface area contributed by atoms with E-state index in [1.54, 1.807) is 18.7 Å². The predicted octanol–water partition coefficient (Wildman–Crippen LogP) is -0.156. The number of rotatable bonds is 5. The summed E-state index contributed by atoms with van der Waals surface area (Å²) in [6, 6.07) is 0. The van der Waals surface area contributed by atoms with Crippen molar-refractivity contribution in [3.63, 3.8) is 0 Å².